The molecule has 2 atom stereocenters. The van der Waals surface area contributed by atoms with Crippen molar-refractivity contribution in [2.45, 2.75) is 104 Å². The molecule has 0 saturated heterocycles. The molecule has 0 spiro atoms. The summed E-state index contributed by atoms with van der Waals surface area (Å²) in [7, 11) is 0. The Balaban J connectivity index is 3.28. The summed E-state index contributed by atoms with van der Waals surface area (Å²) in [6, 6.07) is 4.22. The van der Waals surface area contributed by atoms with E-state index in [0.29, 0.717) is 5.75 Å². The van der Waals surface area contributed by atoms with E-state index < -0.39 is 19.0 Å². The molecule has 0 heterocycles. The van der Waals surface area contributed by atoms with Crippen LogP contribution in [0.2, 0.25) is 0 Å². The molecule has 3 nitrogen and oxygen atoms in total. The van der Waals surface area contributed by atoms with E-state index in [4.69, 9.17) is 9.84 Å². The van der Waals surface area contributed by atoms with Crippen LogP contribution in [0.15, 0.2) is 12.1 Å². The third kappa shape index (κ3) is 8.23. The third-order valence-corrected chi connectivity index (χ3v) is 5.53. The van der Waals surface area contributed by atoms with Gasteiger partial charge in [0.2, 0.25) is 0 Å². The lowest BCUT2D eigenvalue weighted by Crippen LogP contribution is -2.21. The van der Waals surface area contributed by atoms with Gasteiger partial charge in [-0.2, -0.15) is 0 Å². The van der Waals surface area contributed by atoms with Gasteiger partial charge in [-0.25, -0.2) is 8.78 Å². The van der Waals surface area contributed by atoms with Crippen LogP contribution in [0.1, 0.15) is 104 Å². The summed E-state index contributed by atoms with van der Waals surface area (Å²) in [5, 5.41) is 8.95. The second-order valence-corrected chi connectivity index (χ2v) is 10.7. The Morgan fingerprint density at radius 1 is 1.03 bits per heavy atom. The van der Waals surface area contributed by atoms with Crippen LogP contribution in [0.25, 0.3) is 0 Å². The highest BCUT2D eigenvalue weighted by Gasteiger charge is 2.28. The number of alkyl halides is 2. The lowest BCUT2D eigenvalue weighted by atomic mass is 9.77. The minimum Gasteiger partial charge on any atom is -0.487 e. The molecule has 1 aromatic carbocycles. The number of hydrogen-bond acceptors (Lipinski definition) is 2. The number of rotatable bonds is 10. The standard InChI is InChI=1S/C25H40F2O3/c1-16(12-22(28)29)10-9-11-17(2)19-13-18(24(3,4)5)14-20(25(6,7)8)23(19)30-15-21(26)27/h13-14,16-17,21H,9-12,15H2,1-8H3,(H,28,29). The maximum Gasteiger partial charge on any atom is 0.303 e. The molecule has 1 N–H and O–H groups in total. The van der Waals surface area contributed by atoms with Gasteiger partial charge in [-0.1, -0.05) is 80.4 Å². The fraction of sp³-hybridized carbons (Fsp3) is 0.720. The molecule has 172 valence electrons. The van der Waals surface area contributed by atoms with Gasteiger partial charge in [0.25, 0.3) is 6.43 Å². The molecular weight excluding hydrogens is 386 g/mol. The Morgan fingerprint density at radius 2 is 1.63 bits per heavy atom. The van der Waals surface area contributed by atoms with E-state index in [1.165, 1.54) is 0 Å². The first-order valence-electron chi connectivity index (χ1n) is 10.9. The van der Waals surface area contributed by atoms with Gasteiger partial charge in [0, 0.05) is 12.0 Å². The topological polar surface area (TPSA) is 46.5 Å². The van der Waals surface area contributed by atoms with Gasteiger partial charge >= 0.3 is 5.97 Å². The molecule has 2 unspecified atom stereocenters. The highest BCUT2D eigenvalue weighted by molar-refractivity contribution is 5.66. The molecule has 0 bridgehead atoms. The van der Waals surface area contributed by atoms with Crippen LogP contribution in [0, 0.1) is 5.92 Å². The quantitative estimate of drug-likeness (QED) is 0.427. The van der Waals surface area contributed by atoms with E-state index in [1.807, 2.05) is 6.92 Å². The minimum absolute atomic E-state index is 0.0777. The molecule has 0 aliphatic heterocycles. The lowest BCUT2D eigenvalue weighted by Gasteiger charge is -2.31. The average molecular weight is 427 g/mol. The molecule has 30 heavy (non-hydrogen) atoms. The average Bonchev–Trinajstić information content (AvgIpc) is 2.56. The van der Waals surface area contributed by atoms with Crippen molar-refractivity contribution in [1.82, 2.24) is 0 Å². The number of aliphatic carboxylic acids is 1. The largest absolute Gasteiger partial charge is 0.487 e. The summed E-state index contributed by atoms with van der Waals surface area (Å²) >= 11 is 0. The molecule has 5 heteroatoms. The highest BCUT2D eigenvalue weighted by atomic mass is 19.3. The van der Waals surface area contributed by atoms with Crippen molar-refractivity contribution in [3.8, 4) is 5.75 Å². The van der Waals surface area contributed by atoms with Crippen molar-refractivity contribution in [3.63, 3.8) is 0 Å². The minimum atomic E-state index is -2.53. The van der Waals surface area contributed by atoms with E-state index >= 15 is 0 Å². The second-order valence-electron chi connectivity index (χ2n) is 10.7. The summed E-state index contributed by atoms with van der Waals surface area (Å²) in [5.74, 6) is 0.0567. The number of ether oxygens (including phenoxy) is 1. The normalized spacial score (nSPS) is 14.6. The van der Waals surface area contributed by atoms with E-state index in [2.05, 4.69) is 60.6 Å². The maximum atomic E-state index is 13.0. The Morgan fingerprint density at radius 3 is 2.10 bits per heavy atom. The molecule has 0 radical (unpaired) electrons. The molecule has 0 fully saturated rings. The van der Waals surface area contributed by atoms with Crippen molar-refractivity contribution in [1.29, 1.82) is 0 Å². The van der Waals surface area contributed by atoms with Gasteiger partial charge in [0.15, 0.2) is 0 Å². The van der Waals surface area contributed by atoms with Crippen molar-refractivity contribution in [2.24, 2.45) is 5.92 Å². The van der Waals surface area contributed by atoms with E-state index in [0.717, 1.165) is 36.0 Å². The number of carbonyl (C=O) groups is 1. The fourth-order valence-corrected chi connectivity index (χ4v) is 3.64. The van der Waals surface area contributed by atoms with Gasteiger partial charge in [-0.15, -0.1) is 0 Å². The van der Waals surface area contributed by atoms with Crippen LogP contribution in [-0.2, 0) is 15.6 Å². The van der Waals surface area contributed by atoms with Gasteiger partial charge in [0.05, 0.1) is 0 Å². The summed E-state index contributed by atoms with van der Waals surface area (Å²) in [6.45, 7) is 16.1. The smallest absolute Gasteiger partial charge is 0.303 e. The monoisotopic (exact) mass is 426 g/mol. The van der Waals surface area contributed by atoms with Crippen LogP contribution >= 0.6 is 0 Å². The van der Waals surface area contributed by atoms with Crippen LogP contribution < -0.4 is 4.74 Å². The fourth-order valence-electron chi connectivity index (χ4n) is 3.64. The van der Waals surface area contributed by atoms with Gasteiger partial charge < -0.3 is 9.84 Å². The van der Waals surface area contributed by atoms with Crippen molar-refractivity contribution < 1.29 is 23.4 Å². The first kappa shape index (κ1) is 26.4. The van der Waals surface area contributed by atoms with Gasteiger partial charge in [0.1, 0.15) is 12.4 Å². The number of halogens is 2. The number of hydrogen-bond donors (Lipinski definition) is 1. The van der Waals surface area contributed by atoms with Crippen molar-refractivity contribution in [3.05, 3.63) is 28.8 Å². The summed E-state index contributed by atoms with van der Waals surface area (Å²) in [4.78, 5) is 10.9. The predicted molar refractivity (Wildman–Crippen MR) is 119 cm³/mol. The molecule has 0 aliphatic carbocycles. The first-order valence-corrected chi connectivity index (χ1v) is 10.9. The zero-order chi connectivity index (χ0) is 23.3. The summed E-state index contributed by atoms with van der Waals surface area (Å²) in [6.07, 6.45) is 0.209. The van der Waals surface area contributed by atoms with Crippen LogP contribution in [0.5, 0.6) is 5.75 Å². The van der Waals surface area contributed by atoms with Gasteiger partial charge in [-0.05, 0) is 40.2 Å². The van der Waals surface area contributed by atoms with Crippen molar-refractivity contribution in [2.75, 3.05) is 6.61 Å². The maximum absolute atomic E-state index is 13.0. The summed E-state index contributed by atoms with van der Waals surface area (Å²) < 4.78 is 31.6. The first-order chi connectivity index (χ1) is 13.6. The van der Waals surface area contributed by atoms with Gasteiger partial charge in [-0.3, -0.25) is 4.79 Å². The zero-order valence-electron chi connectivity index (χ0n) is 19.9. The molecule has 1 aromatic rings. The molecule has 0 aromatic heterocycles. The van der Waals surface area contributed by atoms with Crippen molar-refractivity contribution >= 4 is 5.97 Å². The molecule has 0 saturated carbocycles. The van der Waals surface area contributed by atoms with E-state index in [1.54, 1.807) is 0 Å². The number of carboxylic acid groups (broad SMARTS) is 1. The highest BCUT2D eigenvalue weighted by Crippen LogP contribution is 2.42. The SMILES string of the molecule is CC(CCCC(C)c1cc(C(C)(C)C)cc(C(C)(C)C)c1OCC(F)F)CC(=O)O. The lowest BCUT2D eigenvalue weighted by molar-refractivity contribution is -0.138. The Kier molecular flexibility index (Phi) is 9.31. The number of carboxylic acids is 1. The molecule has 0 amide bonds. The molecular formula is C25H40F2O3. The second kappa shape index (κ2) is 10.6. The van der Waals surface area contributed by atoms with Crippen LogP contribution in [0.3, 0.4) is 0 Å². The predicted octanol–water partition coefficient (Wildman–Crippen LogP) is 7.31. The van der Waals surface area contributed by atoms with E-state index in [9.17, 15) is 13.6 Å². The van der Waals surface area contributed by atoms with Crippen LogP contribution in [-0.4, -0.2) is 24.1 Å². The van der Waals surface area contributed by atoms with E-state index in [-0.39, 0.29) is 29.1 Å². The summed E-state index contributed by atoms with van der Waals surface area (Å²) in [5.41, 5.74) is 2.77. The van der Waals surface area contributed by atoms with Crippen LogP contribution in [0.4, 0.5) is 8.78 Å². The zero-order valence-corrected chi connectivity index (χ0v) is 19.9. The molecule has 1 rings (SSSR count). The Labute approximate surface area is 181 Å². The molecule has 0 aliphatic rings. The Bertz CT molecular complexity index is 700. The third-order valence-electron chi connectivity index (χ3n) is 5.53. The Hall–Kier alpha value is -1.65. The number of benzene rings is 1.